The Bertz CT molecular complexity index is 562. The molecule has 1 saturated heterocycles. The molecule has 0 N–H and O–H groups in total. The first-order valence-electron chi connectivity index (χ1n) is 6.51. The molecule has 0 spiro atoms. The predicted molar refractivity (Wildman–Crippen MR) is 73.2 cm³/mol. The minimum absolute atomic E-state index is 0.0475. The zero-order chi connectivity index (χ0) is 13.2. The number of amides is 1. The van der Waals surface area contributed by atoms with Crippen molar-refractivity contribution in [2.75, 3.05) is 6.54 Å². The Hall–Kier alpha value is -1.62. The van der Waals surface area contributed by atoms with Gasteiger partial charge in [0.2, 0.25) is 0 Å². The molecule has 1 aliphatic heterocycles. The van der Waals surface area contributed by atoms with E-state index in [9.17, 15) is 4.79 Å². The number of furan rings is 1. The second kappa shape index (κ2) is 5.17. The molecule has 1 aliphatic rings. The van der Waals surface area contributed by atoms with Gasteiger partial charge in [0, 0.05) is 17.6 Å². The Morgan fingerprint density at radius 2 is 2.42 bits per heavy atom. The smallest absolute Gasteiger partial charge is 0.257 e. The summed E-state index contributed by atoms with van der Waals surface area (Å²) in [6, 6.07) is 1.84. The molecule has 3 heterocycles. The van der Waals surface area contributed by atoms with E-state index in [1.54, 1.807) is 23.7 Å². The molecule has 5 heteroatoms. The number of rotatable bonds is 2. The zero-order valence-corrected chi connectivity index (χ0v) is 11.7. The third-order valence-corrected chi connectivity index (χ3v) is 4.52. The first-order valence-corrected chi connectivity index (χ1v) is 7.39. The van der Waals surface area contributed by atoms with Crippen LogP contribution in [0.4, 0.5) is 0 Å². The normalized spacial score (nSPS) is 19.6. The van der Waals surface area contributed by atoms with Gasteiger partial charge in [-0.05, 0) is 32.3 Å². The maximum absolute atomic E-state index is 12.5. The van der Waals surface area contributed by atoms with Gasteiger partial charge in [0.1, 0.15) is 11.3 Å². The highest BCUT2D eigenvalue weighted by molar-refractivity contribution is 7.09. The summed E-state index contributed by atoms with van der Waals surface area (Å²) in [5.74, 6) is 0.0475. The fourth-order valence-electron chi connectivity index (χ4n) is 2.51. The molecule has 0 saturated carbocycles. The van der Waals surface area contributed by atoms with Crippen LogP contribution in [0.15, 0.2) is 28.4 Å². The Morgan fingerprint density at radius 3 is 3.11 bits per heavy atom. The lowest BCUT2D eigenvalue weighted by Crippen LogP contribution is -2.38. The topological polar surface area (TPSA) is 46.3 Å². The number of piperidine rings is 1. The van der Waals surface area contributed by atoms with Crippen molar-refractivity contribution >= 4 is 17.2 Å². The van der Waals surface area contributed by atoms with Crippen molar-refractivity contribution in [3.8, 4) is 0 Å². The van der Waals surface area contributed by atoms with E-state index in [1.165, 1.54) is 6.26 Å². The number of hydrogen-bond acceptors (Lipinski definition) is 4. The van der Waals surface area contributed by atoms with Crippen molar-refractivity contribution in [2.24, 2.45) is 0 Å². The van der Waals surface area contributed by atoms with Crippen LogP contribution in [0.5, 0.6) is 0 Å². The highest BCUT2D eigenvalue weighted by atomic mass is 32.1. The van der Waals surface area contributed by atoms with Crippen LogP contribution in [0.25, 0.3) is 0 Å². The average molecular weight is 276 g/mol. The molecule has 0 bridgehead atoms. The van der Waals surface area contributed by atoms with Gasteiger partial charge in [0.05, 0.1) is 17.9 Å². The van der Waals surface area contributed by atoms with Crippen molar-refractivity contribution in [3.05, 3.63) is 40.2 Å². The zero-order valence-electron chi connectivity index (χ0n) is 10.8. The SMILES string of the molecule is Cc1csc(C2CCCCN2C(=O)c2ccoc2)n1. The van der Waals surface area contributed by atoms with Crippen molar-refractivity contribution in [1.29, 1.82) is 0 Å². The molecule has 1 atom stereocenters. The van der Waals surface area contributed by atoms with E-state index < -0.39 is 0 Å². The van der Waals surface area contributed by atoms with Crippen LogP contribution >= 0.6 is 11.3 Å². The van der Waals surface area contributed by atoms with Crippen LogP contribution in [0, 0.1) is 6.92 Å². The van der Waals surface area contributed by atoms with Gasteiger partial charge in [0.15, 0.2) is 0 Å². The van der Waals surface area contributed by atoms with E-state index in [4.69, 9.17) is 4.42 Å². The molecule has 4 nitrogen and oxygen atoms in total. The maximum Gasteiger partial charge on any atom is 0.257 e. The minimum atomic E-state index is 0.0475. The third-order valence-electron chi connectivity index (χ3n) is 3.45. The van der Waals surface area contributed by atoms with Crippen LogP contribution in [-0.4, -0.2) is 22.3 Å². The Morgan fingerprint density at radius 1 is 1.53 bits per heavy atom. The molecule has 1 unspecified atom stereocenters. The van der Waals surface area contributed by atoms with Gasteiger partial charge in [-0.3, -0.25) is 4.79 Å². The average Bonchev–Trinajstić information content (AvgIpc) is 3.09. The number of aryl methyl sites for hydroxylation is 1. The molecular weight excluding hydrogens is 260 g/mol. The van der Waals surface area contributed by atoms with Crippen molar-refractivity contribution in [1.82, 2.24) is 9.88 Å². The fraction of sp³-hybridized carbons (Fsp3) is 0.429. The van der Waals surface area contributed by atoms with Crippen molar-refractivity contribution in [2.45, 2.75) is 32.2 Å². The molecule has 0 radical (unpaired) electrons. The summed E-state index contributed by atoms with van der Waals surface area (Å²) in [7, 11) is 0. The molecule has 3 rings (SSSR count). The second-order valence-electron chi connectivity index (χ2n) is 4.85. The van der Waals surface area contributed by atoms with Gasteiger partial charge in [-0.15, -0.1) is 11.3 Å². The first-order chi connectivity index (χ1) is 9.25. The Balaban J connectivity index is 1.87. The van der Waals surface area contributed by atoms with E-state index in [0.29, 0.717) is 5.56 Å². The van der Waals surface area contributed by atoms with Gasteiger partial charge < -0.3 is 9.32 Å². The van der Waals surface area contributed by atoms with E-state index >= 15 is 0 Å². The lowest BCUT2D eigenvalue weighted by atomic mass is 10.0. The highest BCUT2D eigenvalue weighted by Crippen LogP contribution is 2.33. The molecule has 2 aromatic rings. The quantitative estimate of drug-likeness (QED) is 0.844. The number of likely N-dealkylation sites (tertiary alicyclic amines) is 1. The molecule has 1 fully saturated rings. The number of nitrogens with zero attached hydrogens (tertiary/aromatic N) is 2. The van der Waals surface area contributed by atoms with Gasteiger partial charge in [-0.1, -0.05) is 0 Å². The van der Waals surface area contributed by atoms with E-state index in [1.807, 2.05) is 17.2 Å². The number of carbonyl (C=O) groups excluding carboxylic acids is 1. The van der Waals surface area contributed by atoms with Crippen LogP contribution in [0.1, 0.15) is 46.4 Å². The molecule has 0 aliphatic carbocycles. The van der Waals surface area contributed by atoms with Crippen molar-refractivity contribution < 1.29 is 9.21 Å². The summed E-state index contributed by atoms with van der Waals surface area (Å²) in [4.78, 5) is 19.0. The molecule has 19 heavy (non-hydrogen) atoms. The molecule has 2 aromatic heterocycles. The summed E-state index contributed by atoms with van der Waals surface area (Å²) in [6.45, 7) is 2.79. The largest absolute Gasteiger partial charge is 0.472 e. The Kier molecular flexibility index (Phi) is 3.38. The fourth-order valence-corrected chi connectivity index (χ4v) is 3.45. The lowest BCUT2D eigenvalue weighted by molar-refractivity contribution is 0.0610. The number of hydrogen-bond donors (Lipinski definition) is 0. The third kappa shape index (κ3) is 2.42. The van der Waals surface area contributed by atoms with Gasteiger partial charge >= 0.3 is 0 Å². The van der Waals surface area contributed by atoms with Gasteiger partial charge in [-0.2, -0.15) is 0 Å². The molecule has 0 aromatic carbocycles. The van der Waals surface area contributed by atoms with Crippen LogP contribution in [-0.2, 0) is 0 Å². The van der Waals surface area contributed by atoms with E-state index in [-0.39, 0.29) is 11.9 Å². The van der Waals surface area contributed by atoms with Gasteiger partial charge in [-0.25, -0.2) is 4.98 Å². The van der Waals surface area contributed by atoms with Gasteiger partial charge in [0.25, 0.3) is 5.91 Å². The number of thiazole rings is 1. The molecule has 100 valence electrons. The predicted octanol–water partition coefficient (Wildman–Crippen LogP) is 3.41. The summed E-state index contributed by atoms with van der Waals surface area (Å²) in [5, 5.41) is 3.10. The van der Waals surface area contributed by atoms with Crippen LogP contribution in [0.2, 0.25) is 0 Å². The minimum Gasteiger partial charge on any atom is -0.472 e. The second-order valence-corrected chi connectivity index (χ2v) is 5.74. The molecular formula is C14H16N2O2S. The summed E-state index contributed by atoms with van der Waals surface area (Å²) < 4.78 is 5.01. The summed E-state index contributed by atoms with van der Waals surface area (Å²) in [6.07, 6.45) is 6.26. The van der Waals surface area contributed by atoms with Crippen molar-refractivity contribution in [3.63, 3.8) is 0 Å². The lowest BCUT2D eigenvalue weighted by Gasteiger charge is -2.34. The van der Waals surface area contributed by atoms with E-state index in [2.05, 4.69) is 4.98 Å². The maximum atomic E-state index is 12.5. The summed E-state index contributed by atoms with van der Waals surface area (Å²) in [5.41, 5.74) is 1.65. The van der Waals surface area contributed by atoms with Crippen LogP contribution in [0.3, 0.4) is 0 Å². The number of aromatic nitrogens is 1. The number of carbonyl (C=O) groups is 1. The Labute approximate surface area is 116 Å². The first kappa shape index (κ1) is 12.4. The highest BCUT2D eigenvalue weighted by Gasteiger charge is 2.30. The molecule has 1 amide bonds. The summed E-state index contributed by atoms with van der Waals surface area (Å²) >= 11 is 1.65. The van der Waals surface area contributed by atoms with E-state index in [0.717, 1.165) is 36.5 Å². The monoisotopic (exact) mass is 276 g/mol. The van der Waals surface area contributed by atoms with Crippen LogP contribution < -0.4 is 0 Å². The standard InChI is InChI=1S/C14H16N2O2S/c1-10-9-19-13(15-10)12-4-2-3-6-16(12)14(17)11-5-7-18-8-11/h5,7-9,12H,2-4,6H2,1H3.